The standard InChI is InChI=1S/C28H42N2O5/c1-17(2)12-23(30-25(32)34-26(3,4)5)28(24(31)33-27(6,7)35-28)16-22-21-15-19(13-18-8-9-18)14-20(21)10-11-29-22/h10-11,17-19,23H,8-9,12-16H2,1-7H3,(H,30,32)/t19-,23+,28-/m1/s1. The van der Waals surface area contributed by atoms with Gasteiger partial charge in [0.15, 0.2) is 5.60 Å². The molecular weight excluding hydrogens is 444 g/mol. The molecule has 1 aromatic heterocycles. The number of cyclic esters (lactones) is 1. The molecule has 3 aliphatic rings. The number of ether oxygens (including phenoxy) is 3. The van der Waals surface area contributed by atoms with Crippen molar-refractivity contribution < 1.29 is 23.8 Å². The molecule has 1 saturated carbocycles. The van der Waals surface area contributed by atoms with Crippen LogP contribution < -0.4 is 5.32 Å². The lowest BCUT2D eigenvalue weighted by Crippen LogP contribution is -2.59. The third kappa shape index (κ3) is 6.16. The van der Waals surface area contributed by atoms with E-state index in [0.717, 1.165) is 24.5 Å². The van der Waals surface area contributed by atoms with E-state index < -0.39 is 35.1 Å². The Bertz CT molecular complexity index is 963. The van der Waals surface area contributed by atoms with Crippen LogP contribution in [0.3, 0.4) is 0 Å². The highest BCUT2D eigenvalue weighted by atomic mass is 16.8. The molecule has 1 N–H and O–H groups in total. The molecular formula is C28H42N2O5. The molecule has 1 aliphatic heterocycles. The minimum atomic E-state index is -1.39. The van der Waals surface area contributed by atoms with Gasteiger partial charge in [0.25, 0.3) is 0 Å². The SMILES string of the molecule is CC(C)C[C@H](NC(=O)OC(C)(C)C)[C@@]1(Cc2nccc3c2C[C@H](CC2CC2)C3)OC(C)(C)OC1=O. The first kappa shape index (κ1) is 25.9. The zero-order valence-electron chi connectivity index (χ0n) is 22.4. The Morgan fingerprint density at radius 1 is 1.23 bits per heavy atom. The molecule has 2 aliphatic carbocycles. The molecule has 7 heteroatoms. The monoisotopic (exact) mass is 486 g/mol. The Morgan fingerprint density at radius 2 is 1.94 bits per heavy atom. The summed E-state index contributed by atoms with van der Waals surface area (Å²) in [6, 6.07) is 1.48. The fraction of sp³-hybridized carbons (Fsp3) is 0.750. The Balaban J connectivity index is 1.66. The summed E-state index contributed by atoms with van der Waals surface area (Å²) in [7, 11) is 0. The van der Waals surface area contributed by atoms with Crippen molar-refractivity contribution >= 4 is 12.1 Å². The van der Waals surface area contributed by atoms with Gasteiger partial charge in [-0.3, -0.25) is 4.98 Å². The lowest BCUT2D eigenvalue weighted by molar-refractivity contribution is -0.170. The normalized spacial score (nSPS) is 26.4. The van der Waals surface area contributed by atoms with Crippen LogP contribution in [0.5, 0.6) is 0 Å². The molecule has 1 amide bonds. The van der Waals surface area contributed by atoms with Crippen molar-refractivity contribution in [1.29, 1.82) is 0 Å². The van der Waals surface area contributed by atoms with Gasteiger partial charge in [0.05, 0.1) is 6.04 Å². The van der Waals surface area contributed by atoms with Crippen molar-refractivity contribution in [1.82, 2.24) is 10.3 Å². The first-order valence-electron chi connectivity index (χ1n) is 13.1. The smallest absolute Gasteiger partial charge is 0.407 e. The third-order valence-electron chi connectivity index (χ3n) is 7.11. The van der Waals surface area contributed by atoms with Crippen molar-refractivity contribution in [2.45, 2.75) is 116 Å². The van der Waals surface area contributed by atoms with Crippen LogP contribution in [0.2, 0.25) is 0 Å². The lowest BCUT2D eigenvalue weighted by atomic mass is 9.82. The molecule has 194 valence electrons. The lowest BCUT2D eigenvalue weighted by Gasteiger charge is -2.36. The molecule has 0 radical (unpaired) electrons. The van der Waals surface area contributed by atoms with E-state index in [-0.39, 0.29) is 12.3 Å². The highest BCUT2D eigenvalue weighted by molar-refractivity contribution is 5.84. The van der Waals surface area contributed by atoms with Crippen LogP contribution in [0.4, 0.5) is 4.79 Å². The van der Waals surface area contributed by atoms with Crippen LogP contribution in [0.15, 0.2) is 12.3 Å². The number of fused-ring (bicyclic) bond motifs is 1. The van der Waals surface area contributed by atoms with Crippen LogP contribution in [0.1, 0.15) is 91.0 Å². The number of pyridine rings is 1. The minimum absolute atomic E-state index is 0.198. The predicted octanol–water partition coefficient (Wildman–Crippen LogP) is 5.13. The maximum Gasteiger partial charge on any atom is 0.407 e. The number of hydrogen-bond acceptors (Lipinski definition) is 6. The zero-order chi connectivity index (χ0) is 25.6. The summed E-state index contributed by atoms with van der Waals surface area (Å²) in [5.74, 6) is 0.143. The number of rotatable bonds is 8. The fourth-order valence-corrected chi connectivity index (χ4v) is 5.63. The largest absolute Gasteiger partial charge is 0.444 e. The third-order valence-corrected chi connectivity index (χ3v) is 7.11. The highest BCUT2D eigenvalue weighted by Crippen LogP contribution is 2.43. The Labute approximate surface area is 209 Å². The van der Waals surface area contributed by atoms with Crippen LogP contribution >= 0.6 is 0 Å². The van der Waals surface area contributed by atoms with E-state index in [4.69, 9.17) is 19.2 Å². The summed E-state index contributed by atoms with van der Waals surface area (Å²) < 4.78 is 17.7. The maximum atomic E-state index is 13.6. The van der Waals surface area contributed by atoms with Gasteiger partial charge >= 0.3 is 12.1 Å². The van der Waals surface area contributed by atoms with Gasteiger partial charge in [0.1, 0.15) is 5.60 Å². The Kier molecular flexibility index (Phi) is 6.95. The number of esters is 1. The number of hydrogen-bond donors (Lipinski definition) is 1. The molecule has 4 rings (SSSR count). The van der Waals surface area contributed by atoms with Crippen LogP contribution in [-0.2, 0) is 38.3 Å². The summed E-state index contributed by atoms with van der Waals surface area (Å²) in [4.78, 5) is 31.1. The Morgan fingerprint density at radius 3 is 2.51 bits per heavy atom. The average Bonchev–Trinajstić information content (AvgIpc) is 3.34. The molecule has 2 fully saturated rings. The number of carbonyl (C=O) groups excluding carboxylic acids is 2. The van der Waals surface area contributed by atoms with E-state index in [0.29, 0.717) is 12.3 Å². The Hall–Kier alpha value is -2.15. The second-order valence-corrected chi connectivity index (χ2v) is 12.6. The van der Waals surface area contributed by atoms with Crippen molar-refractivity contribution in [3.8, 4) is 0 Å². The quantitative estimate of drug-likeness (QED) is 0.513. The van der Waals surface area contributed by atoms with Crippen molar-refractivity contribution in [2.24, 2.45) is 17.8 Å². The first-order valence-corrected chi connectivity index (χ1v) is 13.1. The molecule has 0 bridgehead atoms. The molecule has 3 atom stereocenters. The van der Waals surface area contributed by atoms with E-state index in [9.17, 15) is 9.59 Å². The van der Waals surface area contributed by atoms with E-state index in [1.54, 1.807) is 13.8 Å². The van der Waals surface area contributed by atoms with Crippen LogP contribution in [0, 0.1) is 17.8 Å². The highest BCUT2D eigenvalue weighted by Gasteiger charge is 2.59. The molecule has 0 aromatic carbocycles. The van der Waals surface area contributed by atoms with Gasteiger partial charge in [-0.25, -0.2) is 9.59 Å². The number of amides is 1. The van der Waals surface area contributed by atoms with Gasteiger partial charge < -0.3 is 19.5 Å². The number of nitrogens with one attached hydrogen (secondary N) is 1. The van der Waals surface area contributed by atoms with E-state index in [1.165, 1.54) is 30.4 Å². The molecule has 7 nitrogen and oxygen atoms in total. The summed E-state index contributed by atoms with van der Waals surface area (Å²) in [6.45, 7) is 13.0. The number of carbonyl (C=O) groups is 2. The van der Waals surface area contributed by atoms with Gasteiger partial charge in [-0.15, -0.1) is 0 Å². The fourth-order valence-electron chi connectivity index (χ4n) is 5.63. The second kappa shape index (κ2) is 9.38. The molecule has 2 heterocycles. The van der Waals surface area contributed by atoms with E-state index in [1.807, 2.05) is 27.0 Å². The van der Waals surface area contributed by atoms with Crippen molar-refractivity contribution in [3.05, 3.63) is 29.1 Å². The van der Waals surface area contributed by atoms with Crippen LogP contribution in [0.25, 0.3) is 0 Å². The number of aromatic nitrogens is 1. The van der Waals surface area contributed by atoms with E-state index >= 15 is 0 Å². The summed E-state index contributed by atoms with van der Waals surface area (Å²) in [5.41, 5.74) is 1.38. The zero-order valence-corrected chi connectivity index (χ0v) is 22.4. The van der Waals surface area contributed by atoms with Crippen molar-refractivity contribution in [2.75, 3.05) is 0 Å². The van der Waals surface area contributed by atoms with Crippen LogP contribution in [-0.4, -0.2) is 40.1 Å². The summed E-state index contributed by atoms with van der Waals surface area (Å²) in [5, 5.41) is 2.97. The van der Waals surface area contributed by atoms with Gasteiger partial charge in [0.2, 0.25) is 5.79 Å². The molecule has 0 spiro atoms. The molecule has 1 saturated heterocycles. The minimum Gasteiger partial charge on any atom is -0.444 e. The topological polar surface area (TPSA) is 86.8 Å². The molecule has 1 aromatic rings. The summed E-state index contributed by atoms with van der Waals surface area (Å²) in [6.07, 6.45) is 8.07. The maximum absolute atomic E-state index is 13.6. The van der Waals surface area contributed by atoms with Gasteiger partial charge in [-0.1, -0.05) is 26.7 Å². The molecule has 35 heavy (non-hydrogen) atoms. The van der Waals surface area contributed by atoms with Gasteiger partial charge in [-0.2, -0.15) is 0 Å². The first-order chi connectivity index (χ1) is 16.3. The molecule has 0 unspecified atom stereocenters. The second-order valence-electron chi connectivity index (χ2n) is 12.6. The van der Waals surface area contributed by atoms with E-state index in [2.05, 4.69) is 25.2 Å². The average molecular weight is 487 g/mol. The number of nitrogens with zero attached hydrogens (tertiary/aromatic N) is 1. The van der Waals surface area contributed by atoms with Gasteiger partial charge in [0, 0.05) is 32.2 Å². The number of alkyl carbamates (subject to hydrolysis) is 1. The van der Waals surface area contributed by atoms with Crippen molar-refractivity contribution in [3.63, 3.8) is 0 Å². The summed E-state index contributed by atoms with van der Waals surface area (Å²) >= 11 is 0. The predicted molar refractivity (Wildman–Crippen MR) is 133 cm³/mol. The van der Waals surface area contributed by atoms with Gasteiger partial charge in [-0.05, 0) is 81.4 Å².